The van der Waals surface area contributed by atoms with Crippen LogP contribution in [0.25, 0.3) is 0 Å². The van der Waals surface area contributed by atoms with Gasteiger partial charge in [0.15, 0.2) is 6.10 Å². The van der Waals surface area contributed by atoms with Gasteiger partial charge in [-0.05, 0) is 25.2 Å². The number of amides is 2. The summed E-state index contributed by atoms with van der Waals surface area (Å²) in [6.45, 7) is 4.18. The fourth-order valence-electron chi connectivity index (χ4n) is 2.70. The molecule has 2 N–H and O–H groups in total. The van der Waals surface area contributed by atoms with Crippen LogP contribution < -0.4 is 5.32 Å². The minimum atomic E-state index is -0.917. The molecule has 2 aliphatic heterocycles. The fourth-order valence-corrected chi connectivity index (χ4v) is 2.70. The Balaban J connectivity index is 1.69. The minimum absolute atomic E-state index is 0.0571. The summed E-state index contributed by atoms with van der Waals surface area (Å²) in [4.78, 5) is 24.5. The average molecular weight is 270 g/mol. The molecule has 3 unspecified atom stereocenters. The van der Waals surface area contributed by atoms with Gasteiger partial charge in [-0.3, -0.25) is 0 Å². The quantitative estimate of drug-likeness (QED) is 0.800. The van der Waals surface area contributed by atoms with E-state index >= 15 is 0 Å². The summed E-state index contributed by atoms with van der Waals surface area (Å²) in [6, 6.07) is -0.0571. The zero-order valence-corrected chi connectivity index (χ0v) is 11.3. The van der Waals surface area contributed by atoms with Crippen LogP contribution in [0.1, 0.15) is 32.6 Å². The normalized spacial score (nSPS) is 30.6. The number of carbonyl (C=O) groups is 2. The molecule has 0 bridgehead atoms. The highest BCUT2D eigenvalue weighted by molar-refractivity contribution is 5.74. The molecule has 6 nitrogen and oxygen atoms in total. The van der Waals surface area contributed by atoms with E-state index in [9.17, 15) is 9.59 Å². The Bertz CT molecular complexity index is 348. The molecule has 0 radical (unpaired) electrons. The summed E-state index contributed by atoms with van der Waals surface area (Å²) in [5, 5.41) is 11.7. The van der Waals surface area contributed by atoms with Crippen LogP contribution in [0.15, 0.2) is 0 Å². The number of carboxylic acid groups (broad SMARTS) is 1. The Morgan fingerprint density at radius 3 is 2.74 bits per heavy atom. The lowest BCUT2D eigenvalue weighted by molar-refractivity contribution is -0.149. The van der Waals surface area contributed by atoms with Gasteiger partial charge in [0.1, 0.15) is 0 Å². The molecule has 3 atom stereocenters. The van der Waals surface area contributed by atoms with Crippen molar-refractivity contribution in [2.45, 2.75) is 44.8 Å². The van der Waals surface area contributed by atoms with E-state index in [1.54, 1.807) is 0 Å². The van der Waals surface area contributed by atoms with Crippen LogP contribution in [0.4, 0.5) is 4.79 Å². The predicted molar refractivity (Wildman–Crippen MR) is 68.9 cm³/mol. The molecule has 0 aliphatic carbocycles. The standard InChI is InChI=1S/C13H22N2O4/c1-2-9-5-6-15(8-9)13(18)14-7-10-3-4-11(19-10)12(16)17/h9-11H,2-8H2,1H3,(H,14,18)(H,16,17). The van der Waals surface area contributed by atoms with E-state index in [1.165, 1.54) is 0 Å². The van der Waals surface area contributed by atoms with Gasteiger partial charge >= 0.3 is 12.0 Å². The predicted octanol–water partition coefficient (Wildman–Crippen LogP) is 1.06. The van der Waals surface area contributed by atoms with Crippen LogP contribution in [0.3, 0.4) is 0 Å². The fraction of sp³-hybridized carbons (Fsp3) is 0.846. The summed E-state index contributed by atoms with van der Waals surface area (Å²) in [5.41, 5.74) is 0. The second-order valence-corrected chi connectivity index (χ2v) is 5.36. The van der Waals surface area contributed by atoms with Crippen LogP contribution in [0.2, 0.25) is 0 Å². The summed E-state index contributed by atoms with van der Waals surface area (Å²) in [7, 11) is 0. The van der Waals surface area contributed by atoms with Gasteiger partial charge in [0.25, 0.3) is 0 Å². The lowest BCUT2D eigenvalue weighted by atomic mass is 10.1. The number of nitrogens with zero attached hydrogens (tertiary/aromatic N) is 1. The van der Waals surface area contributed by atoms with Gasteiger partial charge in [0.05, 0.1) is 6.10 Å². The molecule has 108 valence electrons. The Labute approximate surface area is 113 Å². The molecule has 6 heteroatoms. The first-order valence-corrected chi connectivity index (χ1v) is 7.01. The van der Waals surface area contributed by atoms with Gasteiger partial charge in [-0.2, -0.15) is 0 Å². The summed E-state index contributed by atoms with van der Waals surface area (Å²) in [5.74, 6) is -0.302. The van der Waals surface area contributed by atoms with Gasteiger partial charge in [0.2, 0.25) is 0 Å². The number of hydrogen-bond acceptors (Lipinski definition) is 3. The number of aliphatic carboxylic acids is 1. The monoisotopic (exact) mass is 270 g/mol. The molecule has 0 aromatic rings. The van der Waals surface area contributed by atoms with Crippen molar-refractivity contribution < 1.29 is 19.4 Å². The van der Waals surface area contributed by atoms with E-state index in [0.717, 1.165) is 25.9 Å². The zero-order valence-electron chi connectivity index (χ0n) is 11.3. The highest BCUT2D eigenvalue weighted by Crippen LogP contribution is 2.20. The molecule has 0 aromatic heterocycles. The van der Waals surface area contributed by atoms with Crippen molar-refractivity contribution in [3.8, 4) is 0 Å². The van der Waals surface area contributed by atoms with Gasteiger partial charge in [0, 0.05) is 19.6 Å². The highest BCUT2D eigenvalue weighted by atomic mass is 16.5. The second-order valence-electron chi connectivity index (χ2n) is 5.36. The molecular weight excluding hydrogens is 248 g/mol. The van der Waals surface area contributed by atoms with Crippen LogP contribution in [-0.4, -0.2) is 53.8 Å². The third-order valence-corrected chi connectivity index (χ3v) is 4.01. The largest absolute Gasteiger partial charge is 0.479 e. The smallest absolute Gasteiger partial charge is 0.332 e. The SMILES string of the molecule is CCC1CCN(C(=O)NCC2CCC(C(=O)O)O2)C1. The first-order chi connectivity index (χ1) is 9.10. The van der Waals surface area contributed by atoms with E-state index in [0.29, 0.717) is 25.3 Å². The summed E-state index contributed by atoms with van der Waals surface area (Å²) >= 11 is 0. The van der Waals surface area contributed by atoms with Gasteiger partial charge < -0.3 is 20.1 Å². The van der Waals surface area contributed by atoms with E-state index in [1.807, 2.05) is 4.90 Å². The second kappa shape index (κ2) is 6.23. The number of rotatable bonds is 4. The minimum Gasteiger partial charge on any atom is -0.479 e. The highest BCUT2D eigenvalue weighted by Gasteiger charge is 2.31. The maximum absolute atomic E-state index is 11.9. The van der Waals surface area contributed by atoms with E-state index in [2.05, 4.69) is 12.2 Å². The number of carbonyl (C=O) groups excluding carboxylic acids is 1. The molecule has 2 fully saturated rings. The number of likely N-dealkylation sites (tertiary alicyclic amines) is 1. The van der Waals surface area contributed by atoms with Crippen molar-refractivity contribution in [2.75, 3.05) is 19.6 Å². The van der Waals surface area contributed by atoms with E-state index in [4.69, 9.17) is 9.84 Å². The van der Waals surface area contributed by atoms with Crippen LogP contribution in [0.5, 0.6) is 0 Å². The summed E-state index contributed by atoms with van der Waals surface area (Å²) in [6.07, 6.45) is 2.51. The van der Waals surface area contributed by atoms with Gasteiger partial charge in [-0.15, -0.1) is 0 Å². The lowest BCUT2D eigenvalue weighted by Crippen LogP contribution is -2.42. The van der Waals surface area contributed by atoms with Crippen molar-refractivity contribution in [3.05, 3.63) is 0 Å². The first-order valence-electron chi connectivity index (χ1n) is 7.01. The molecule has 19 heavy (non-hydrogen) atoms. The molecular formula is C13H22N2O4. The number of urea groups is 1. The Morgan fingerprint density at radius 1 is 1.37 bits per heavy atom. The van der Waals surface area contributed by atoms with E-state index < -0.39 is 12.1 Å². The van der Waals surface area contributed by atoms with Crippen molar-refractivity contribution in [3.63, 3.8) is 0 Å². The Kier molecular flexibility index (Phi) is 4.63. The molecule has 2 heterocycles. The first kappa shape index (κ1) is 14.1. The molecule has 2 amide bonds. The third-order valence-electron chi connectivity index (χ3n) is 4.01. The Hall–Kier alpha value is -1.30. The van der Waals surface area contributed by atoms with Gasteiger partial charge in [-0.25, -0.2) is 9.59 Å². The molecule has 2 saturated heterocycles. The zero-order chi connectivity index (χ0) is 13.8. The van der Waals surface area contributed by atoms with Crippen LogP contribution in [-0.2, 0) is 9.53 Å². The number of ether oxygens (including phenoxy) is 1. The Morgan fingerprint density at radius 2 is 2.16 bits per heavy atom. The maximum atomic E-state index is 11.9. The molecule has 0 aromatic carbocycles. The molecule has 2 aliphatic rings. The van der Waals surface area contributed by atoms with Crippen molar-refractivity contribution in [2.24, 2.45) is 5.92 Å². The van der Waals surface area contributed by atoms with Crippen LogP contribution in [0, 0.1) is 5.92 Å². The van der Waals surface area contributed by atoms with E-state index in [-0.39, 0.29) is 12.1 Å². The van der Waals surface area contributed by atoms with Crippen LogP contribution >= 0.6 is 0 Å². The van der Waals surface area contributed by atoms with Gasteiger partial charge in [-0.1, -0.05) is 13.3 Å². The van der Waals surface area contributed by atoms with Crippen molar-refractivity contribution in [1.29, 1.82) is 0 Å². The average Bonchev–Trinajstić information content (AvgIpc) is 3.04. The topological polar surface area (TPSA) is 78.9 Å². The number of nitrogens with one attached hydrogen (secondary N) is 1. The van der Waals surface area contributed by atoms with Crippen molar-refractivity contribution >= 4 is 12.0 Å². The number of carboxylic acids is 1. The summed E-state index contributed by atoms with van der Waals surface area (Å²) < 4.78 is 5.35. The molecule has 0 spiro atoms. The number of hydrogen-bond donors (Lipinski definition) is 2. The molecule has 0 saturated carbocycles. The lowest BCUT2D eigenvalue weighted by Gasteiger charge is -2.19. The maximum Gasteiger partial charge on any atom is 0.332 e. The van der Waals surface area contributed by atoms with Crippen molar-refractivity contribution in [1.82, 2.24) is 10.2 Å². The third kappa shape index (κ3) is 3.59. The molecule has 2 rings (SSSR count).